The lowest BCUT2D eigenvalue weighted by atomic mass is 10.0. The second-order valence-electron chi connectivity index (χ2n) is 8.20. The molecule has 0 radical (unpaired) electrons. The van der Waals surface area contributed by atoms with Crippen LogP contribution in [0.4, 0.5) is 0 Å². The molecular formula is C21H24N6O4. The van der Waals surface area contributed by atoms with E-state index in [0.717, 1.165) is 29.9 Å². The van der Waals surface area contributed by atoms with Crippen LogP contribution in [0.5, 0.6) is 0 Å². The molecule has 2 N–H and O–H groups in total. The maximum Gasteiger partial charge on any atom is 0.255 e. The number of carbonyl (C=O) groups excluding carboxylic acids is 3. The average Bonchev–Trinajstić information content (AvgIpc) is 3.49. The molecule has 0 spiro atoms. The summed E-state index contributed by atoms with van der Waals surface area (Å²) in [7, 11) is 0. The number of ether oxygens (including phenoxy) is 1. The van der Waals surface area contributed by atoms with Gasteiger partial charge in [0.15, 0.2) is 0 Å². The maximum absolute atomic E-state index is 12.8. The van der Waals surface area contributed by atoms with E-state index in [0.29, 0.717) is 37.8 Å². The lowest BCUT2D eigenvalue weighted by molar-refractivity contribution is -0.136. The van der Waals surface area contributed by atoms with Gasteiger partial charge in [0, 0.05) is 24.6 Å². The lowest BCUT2D eigenvalue weighted by Gasteiger charge is -2.29. The van der Waals surface area contributed by atoms with Crippen molar-refractivity contribution in [3.63, 3.8) is 0 Å². The van der Waals surface area contributed by atoms with Crippen molar-refractivity contribution in [1.29, 1.82) is 0 Å². The normalized spacial score (nSPS) is 23.4. The summed E-state index contributed by atoms with van der Waals surface area (Å²) in [6, 6.07) is 5.25. The van der Waals surface area contributed by atoms with Gasteiger partial charge in [-0.2, -0.15) is 0 Å². The number of aromatic nitrogens is 3. The molecule has 3 amide bonds. The monoisotopic (exact) mass is 424 g/mol. The molecule has 0 aliphatic carbocycles. The average molecular weight is 424 g/mol. The van der Waals surface area contributed by atoms with E-state index >= 15 is 0 Å². The molecule has 0 saturated carbocycles. The van der Waals surface area contributed by atoms with Gasteiger partial charge in [0.2, 0.25) is 11.8 Å². The predicted molar refractivity (Wildman–Crippen MR) is 108 cm³/mol. The number of piperidine rings is 1. The minimum atomic E-state index is -0.620. The molecule has 4 heterocycles. The van der Waals surface area contributed by atoms with Crippen LogP contribution in [0.2, 0.25) is 0 Å². The first-order valence-corrected chi connectivity index (χ1v) is 10.6. The van der Waals surface area contributed by atoms with Gasteiger partial charge in [-0.1, -0.05) is 5.21 Å². The van der Waals surface area contributed by atoms with Gasteiger partial charge in [-0.15, -0.1) is 5.10 Å². The Labute approximate surface area is 178 Å². The van der Waals surface area contributed by atoms with Gasteiger partial charge in [0.25, 0.3) is 5.91 Å². The molecule has 2 aromatic rings. The van der Waals surface area contributed by atoms with Crippen molar-refractivity contribution in [2.45, 2.75) is 50.9 Å². The van der Waals surface area contributed by atoms with E-state index in [4.69, 9.17) is 4.74 Å². The number of benzene rings is 1. The molecule has 2 saturated heterocycles. The molecule has 10 heteroatoms. The van der Waals surface area contributed by atoms with E-state index < -0.39 is 11.9 Å². The van der Waals surface area contributed by atoms with Crippen LogP contribution in [-0.4, -0.2) is 62.9 Å². The number of hydrogen-bond donors (Lipinski definition) is 2. The Hall–Kier alpha value is -3.11. The number of nitrogens with zero attached hydrogens (tertiary/aromatic N) is 4. The van der Waals surface area contributed by atoms with E-state index in [1.807, 2.05) is 18.3 Å². The molecule has 1 aromatic carbocycles. The van der Waals surface area contributed by atoms with Gasteiger partial charge in [0.05, 0.1) is 25.1 Å². The van der Waals surface area contributed by atoms with E-state index in [2.05, 4.69) is 20.9 Å². The van der Waals surface area contributed by atoms with E-state index in [-0.39, 0.29) is 18.2 Å². The van der Waals surface area contributed by atoms with E-state index in [1.54, 1.807) is 10.7 Å². The van der Waals surface area contributed by atoms with Gasteiger partial charge < -0.3 is 15.0 Å². The zero-order chi connectivity index (χ0) is 21.4. The first-order valence-electron chi connectivity index (χ1n) is 10.6. The van der Waals surface area contributed by atoms with Crippen LogP contribution < -0.4 is 10.6 Å². The highest BCUT2D eigenvalue weighted by atomic mass is 16.5. The van der Waals surface area contributed by atoms with Crippen molar-refractivity contribution in [2.75, 3.05) is 13.2 Å². The quantitative estimate of drug-likeness (QED) is 0.640. The summed E-state index contributed by atoms with van der Waals surface area (Å²) in [4.78, 5) is 37.9. The van der Waals surface area contributed by atoms with E-state index in [1.165, 1.54) is 11.3 Å². The molecule has 31 heavy (non-hydrogen) atoms. The summed E-state index contributed by atoms with van der Waals surface area (Å²) in [5, 5.41) is 14.1. The van der Waals surface area contributed by atoms with Crippen LogP contribution in [0.3, 0.4) is 0 Å². The van der Waals surface area contributed by atoms with Gasteiger partial charge in [-0.25, -0.2) is 4.68 Å². The largest absolute Gasteiger partial charge is 0.373 e. The van der Waals surface area contributed by atoms with Crippen molar-refractivity contribution in [1.82, 2.24) is 30.5 Å². The third kappa shape index (κ3) is 3.96. The fourth-order valence-electron chi connectivity index (χ4n) is 4.40. The van der Waals surface area contributed by atoms with Crippen LogP contribution in [0, 0.1) is 0 Å². The predicted octanol–water partition coefficient (Wildman–Crippen LogP) is 0.297. The zero-order valence-electron chi connectivity index (χ0n) is 17.0. The summed E-state index contributed by atoms with van der Waals surface area (Å²) in [6.07, 6.45) is 4.73. The smallest absolute Gasteiger partial charge is 0.255 e. The molecule has 3 aliphatic heterocycles. The Morgan fingerprint density at radius 1 is 1.19 bits per heavy atom. The van der Waals surface area contributed by atoms with Gasteiger partial charge in [0.1, 0.15) is 11.7 Å². The highest BCUT2D eigenvalue weighted by Gasteiger charge is 2.39. The van der Waals surface area contributed by atoms with Gasteiger partial charge in [-0.05, 0) is 49.6 Å². The molecule has 1 aromatic heterocycles. The Balaban J connectivity index is 1.25. The number of imide groups is 1. The number of amides is 3. The van der Waals surface area contributed by atoms with Crippen LogP contribution in [-0.2, 0) is 27.5 Å². The minimum absolute atomic E-state index is 0.191. The summed E-state index contributed by atoms with van der Waals surface area (Å²) < 4.78 is 7.41. The third-order valence-electron chi connectivity index (χ3n) is 6.04. The molecule has 2 atom stereocenters. The maximum atomic E-state index is 12.8. The van der Waals surface area contributed by atoms with E-state index in [9.17, 15) is 14.4 Å². The summed E-state index contributed by atoms with van der Waals surface area (Å²) in [5.41, 5.74) is 2.92. The van der Waals surface area contributed by atoms with Crippen molar-refractivity contribution < 1.29 is 19.1 Å². The van der Waals surface area contributed by atoms with Crippen LogP contribution in [0.1, 0.15) is 47.3 Å². The first kappa shape index (κ1) is 19.8. The molecule has 3 aliphatic rings. The molecule has 2 fully saturated rings. The van der Waals surface area contributed by atoms with Crippen molar-refractivity contribution in [2.24, 2.45) is 0 Å². The Morgan fingerprint density at radius 3 is 2.90 bits per heavy atom. The lowest BCUT2D eigenvalue weighted by Crippen LogP contribution is -2.52. The minimum Gasteiger partial charge on any atom is -0.373 e. The molecule has 0 bridgehead atoms. The van der Waals surface area contributed by atoms with Crippen molar-refractivity contribution in [3.8, 4) is 5.69 Å². The number of hydrogen-bond acceptors (Lipinski definition) is 7. The number of carbonyl (C=O) groups is 3. The van der Waals surface area contributed by atoms with Crippen molar-refractivity contribution >= 4 is 17.7 Å². The third-order valence-corrected chi connectivity index (χ3v) is 6.04. The molecular weight excluding hydrogens is 400 g/mol. The first-order chi connectivity index (χ1) is 15.1. The molecule has 10 nitrogen and oxygen atoms in total. The fraction of sp³-hybridized carbons (Fsp3) is 0.476. The van der Waals surface area contributed by atoms with Crippen LogP contribution >= 0.6 is 0 Å². The zero-order valence-corrected chi connectivity index (χ0v) is 17.0. The molecule has 162 valence electrons. The molecule has 1 unspecified atom stereocenters. The topological polar surface area (TPSA) is 118 Å². The second-order valence-corrected chi connectivity index (χ2v) is 8.20. The van der Waals surface area contributed by atoms with Gasteiger partial charge >= 0.3 is 0 Å². The van der Waals surface area contributed by atoms with Crippen molar-refractivity contribution in [3.05, 3.63) is 41.2 Å². The summed E-state index contributed by atoms with van der Waals surface area (Å²) >= 11 is 0. The van der Waals surface area contributed by atoms with Crippen LogP contribution in [0.15, 0.2) is 24.4 Å². The second kappa shape index (κ2) is 8.20. The highest BCUT2D eigenvalue weighted by Crippen LogP contribution is 2.29. The highest BCUT2D eigenvalue weighted by molar-refractivity contribution is 6.05. The van der Waals surface area contributed by atoms with Crippen LogP contribution in [0.25, 0.3) is 5.69 Å². The number of fused-ring (bicyclic) bond motifs is 1. The Bertz CT molecular complexity index is 1030. The standard InChI is InChI=1S/C21H24N6O4/c28-19-6-5-18(20(29)23-19)26-9-13-8-16(3-4-17(13)21(26)30)27-10-15(24-25-27)12-31-11-14-2-1-7-22-14/h3-4,8,10,14,18,22H,1-2,5-7,9,11-12H2,(H,23,28,29)/t14-,18?/m0/s1. The van der Waals surface area contributed by atoms with Gasteiger partial charge in [-0.3, -0.25) is 19.7 Å². The Kier molecular flexibility index (Phi) is 5.24. The fourth-order valence-corrected chi connectivity index (χ4v) is 4.40. The molecule has 5 rings (SSSR count). The summed E-state index contributed by atoms with van der Waals surface area (Å²) in [6.45, 7) is 2.42. The SMILES string of the molecule is O=C1CCC(N2Cc3cc(-n4cc(COC[C@@H]5CCCN5)nn4)ccc3C2=O)C(=O)N1. The number of rotatable bonds is 6. The Morgan fingerprint density at radius 2 is 2.10 bits per heavy atom. The number of nitrogens with one attached hydrogen (secondary N) is 2. The summed E-state index contributed by atoms with van der Waals surface area (Å²) in [5.74, 6) is -0.895.